The van der Waals surface area contributed by atoms with Gasteiger partial charge in [-0.3, -0.25) is 4.79 Å². The van der Waals surface area contributed by atoms with Crippen LogP contribution in [0.2, 0.25) is 5.28 Å². The summed E-state index contributed by atoms with van der Waals surface area (Å²) in [5, 5.41) is 2.89. The van der Waals surface area contributed by atoms with Crippen LogP contribution in [0.15, 0.2) is 6.20 Å². The van der Waals surface area contributed by atoms with Gasteiger partial charge in [-0.25, -0.2) is 9.37 Å². The van der Waals surface area contributed by atoms with Gasteiger partial charge in [-0.2, -0.15) is 4.98 Å². The van der Waals surface area contributed by atoms with E-state index in [2.05, 4.69) is 15.3 Å². The largest absolute Gasteiger partial charge is 0.369 e. The quantitative estimate of drug-likeness (QED) is 0.705. The Labute approximate surface area is 120 Å². The molecule has 2 fully saturated rings. The summed E-state index contributed by atoms with van der Waals surface area (Å²) in [6.45, 7) is 0. The molecular weight excluding hydrogens is 285 g/mol. The van der Waals surface area contributed by atoms with Gasteiger partial charge in [0, 0.05) is 12.1 Å². The number of rotatable bonds is 3. The second-order valence-corrected chi connectivity index (χ2v) is 5.83. The van der Waals surface area contributed by atoms with Gasteiger partial charge in [-0.15, -0.1) is 0 Å². The molecule has 2 saturated carbocycles. The highest BCUT2D eigenvalue weighted by atomic mass is 35.5. The van der Waals surface area contributed by atoms with Crippen molar-refractivity contribution in [2.75, 3.05) is 5.32 Å². The molecule has 0 aliphatic heterocycles. The van der Waals surface area contributed by atoms with E-state index in [1.54, 1.807) is 0 Å². The summed E-state index contributed by atoms with van der Waals surface area (Å²) in [6, 6.07) is -0.310. The lowest BCUT2D eigenvalue weighted by Crippen LogP contribution is -2.49. The molecule has 0 radical (unpaired) electrons. The molecule has 1 heterocycles. The fourth-order valence-electron chi connectivity index (χ4n) is 3.62. The minimum Gasteiger partial charge on any atom is -0.369 e. The summed E-state index contributed by atoms with van der Waals surface area (Å²) in [4.78, 5) is 19.0. The average molecular weight is 300 g/mol. The van der Waals surface area contributed by atoms with Crippen molar-refractivity contribution in [3.63, 3.8) is 0 Å². The number of nitrogens with one attached hydrogen (secondary N) is 1. The number of carbonyl (C=O) groups excluding carboxylic acids is 1. The van der Waals surface area contributed by atoms with E-state index in [-0.39, 0.29) is 46.8 Å². The van der Waals surface area contributed by atoms with E-state index in [9.17, 15) is 9.18 Å². The minimum atomic E-state index is -0.617. The standard InChI is InChI=1S/C12H15ClFN5O/c13-12-17-3-6(14)11(19-12)18-9-5-1-4(2-7(5)15)8(9)10(16)20/h3-5,7-9H,1-2,15H2,(H2,16,20)(H,17,18,19)/t4-,5-,7-,8+,9-/m1/s1. The summed E-state index contributed by atoms with van der Waals surface area (Å²) in [5.74, 6) is -1.12. The Balaban J connectivity index is 1.88. The maximum atomic E-state index is 13.7. The third-order valence-corrected chi connectivity index (χ3v) is 4.58. The Hall–Kier alpha value is -1.47. The molecule has 6 nitrogen and oxygen atoms in total. The predicted molar refractivity (Wildman–Crippen MR) is 71.3 cm³/mol. The molecular formula is C12H15ClFN5O. The number of fused-ring (bicyclic) bond motifs is 2. The molecule has 20 heavy (non-hydrogen) atoms. The van der Waals surface area contributed by atoms with E-state index >= 15 is 0 Å². The van der Waals surface area contributed by atoms with Gasteiger partial charge in [0.25, 0.3) is 0 Å². The van der Waals surface area contributed by atoms with Crippen LogP contribution in [0.5, 0.6) is 0 Å². The van der Waals surface area contributed by atoms with Gasteiger partial charge in [0.2, 0.25) is 11.2 Å². The van der Waals surface area contributed by atoms with E-state index in [1.165, 1.54) is 0 Å². The van der Waals surface area contributed by atoms with Crippen LogP contribution in [0.25, 0.3) is 0 Å². The third kappa shape index (κ3) is 2.10. The van der Waals surface area contributed by atoms with Crippen molar-refractivity contribution in [2.24, 2.45) is 29.2 Å². The maximum absolute atomic E-state index is 13.7. The van der Waals surface area contributed by atoms with Crippen molar-refractivity contribution >= 4 is 23.3 Å². The van der Waals surface area contributed by atoms with Crippen LogP contribution >= 0.6 is 11.6 Å². The number of carbonyl (C=O) groups is 1. The van der Waals surface area contributed by atoms with E-state index in [1.807, 2.05) is 0 Å². The molecule has 5 atom stereocenters. The molecule has 0 unspecified atom stereocenters. The van der Waals surface area contributed by atoms with Crippen molar-refractivity contribution in [3.05, 3.63) is 17.3 Å². The fraction of sp³-hybridized carbons (Fsp3) is 0.583. The number of anilines is 1. The van der Waals surface area contributed by atoms with Gasteiger partial charge in [-0.05, 0) is 36.3 Å². The van der Waals surface area contributed by atoms with Crippen molar-refractivity contribution in [3.8, 4) is 0 Å². The smallest absolute Gasteiger partial charge is 0.224 e. The number of hydrogen-bond donors (Lipinski definition) is 3. The predicted octanol–water partition coefficient (Wildman–Crippen LogP) is 0.518. The van der Waals surface area contributed by atoms with Crippen LogP contribution in [0.3, 0.4) is 0 Å². The second-order valence-electron chi connectivity index (χ2n) is 5.49. The Bertz CT molecular complexity index is 557. The number of amides is 1. The van der Waals surface area contributed by atoms with E-state index in [4.69, 9.17) is 23.1 Å². The Morgan fingerprint density at radius 3 is 2.95 bits per heavy atom. The first kappa shape index (κ1) is 13.5. The van der Waals surface area contributed by atoms with Crippen LogP contribution in [0, 0.1) is 23.6 Å². The molecule has 5 N–H and O–H groups in total. The molecule has 0 spiro atoms. The van der Waals surface area contributed by atoms with Gasteiger partial charge >= 0.3 is 0 Å². The number of nitrogens with zero attached hydrogens (tertiary/aromatic N) is 2. The molecule has 1 aromatic heterocycles. The fourth-order valence-corrected chi connectivity index (χ4v) is 3.75. The third-order valence-electron chi connectivity index (χ3n) is 4.40. The summed E-state index contributed by atoms with van der Waals surface area (Å²) >= 11 is 5.66. The van der Waals surface area contributed by atoms with Crippen LogP contribution in [-0.2, 0) is 4.79 Å². The lowest BCUT2D eigenvalue weighted by atomic mass is 9.81. The zero-order valence-corrected chi connectivity index (χ0v) is 11.3. The monoisotopic (exact) mass is 299 g/mol. The Kier molecular flexibility index (Phi) is 3.25. The van der Waals surface area contributed by atoms with Crippen molar-refractivity contribution < 1.29 is 9.18 Å². The van der Waals surface area contributed by atoms with Crippen molar-refractivity contribution in [1.29, 1.82) is 0 Å². The van der Waals surface area contributed by atoms with Gasteiger partial charge in [-0.1, -0.05) is 0 Å². The zero-order valence-electron chi connectivity index (χ0n) is 10.6. The second kappa shape index (κ2) is 4.82. The highest BCUT2D eigenvalue weighted by molar-refractivity contribution is 6.28. The number of hydrogen-bond acceptors (Lipinski definition) is 5. The topological polar surface area (TPSA) is 107 Å². The Morgan fingerprint density at radius 2 is 2.25 bits per heavy atom. The van der Waals surface area contributed by atoms with Crippen molar-refractivity contribution in [2.45, 2.75) is 24.9 Å². The highest BCUT2D eigenvalue weighted by Gasteiger charge is 2.54. The summed E-state index contributed by atoms with van der Waals surface area (Å²) < 4.78 is 13.7. The van der Waals surface area contributed by atoms with Gasteiger partial charge in [0.05, 0.1) is 12.1 Å². The molecule has 0 saturated heterocycles. The first-order valence-electron chi connectivity index (χ1n) is 6.47. The summed E-state index contributed by atoms with van der Waals surface area (Å²) in [7, 11) is 0. The van der Waals surface area contributed by atoms with Crippen LogP contribution < -0.4 is 16.8 Å². The maximum Gasteiger partial charge on any atom is 0.224 e. The summed E-state index contributed by atoms with van der Waals surface area (Å²) in [6.07, 6.45) is 2.60. The SMILES string of the molecule is NC(=O)[C@H]1[C@@H]2C[C@@H]([C@H]1Nc1nc(Cl)ncc1F)[C@H](N)C2. The number of halogens is 2. The van der Waals surface area contributed by atoms with Crippen molar-refractivity contribution in [1.82, 2.24) is 9.97 Å². The molecule has 1 amide bonds. The van der Waals surface area contributed by atoms with Gasteiger partial charge in [0.15, 0.2) is 11.6 Å². The Morgan fingerprint density at radius 1 is 1.50 bits per heavy atom. The van der Waals surface area contributed by atoms with E-state index in [0.29, 0.717) is 0 Å². The minimum absolute atomic E-state index is 0.00605. The molecule has 2 aliphatic rings. The lowest BCUT2D eigenvalue weighted by molar-refractivity contribution is -0.123. The molecule has 3 rings (SSSR count). The summed E-state index contributed by atoms with van der Waals surface area (Å²) in [5.41, 5.74) is 11.5. The number of aromatic nitrogens is 2. The van der Waals surface area contributed by atoms with Gasteiger partial charge < -0.3 is 16.8 Å². The molecule has 2 bridgehead atoms. The van der Waals surface area contributed by atoms with E-state index in [0.717, 1.165) is 19.0 Å². The van der Waals surface area contributed by atoms with Gasteiger partial charge in [0.1, 0.15) is 0 Å². The van der Waals surface area contributed by atoms with Crippen LogP contribution in [0.4, 0.5) is 10.2 Å². The molecule has 2 aliphatic carbocycles. The first-order valence-corrected chi connectivity index (χ1v) is 6.84. The van der Waals surface area contributed by atoms with Crippen LogP contribution in [-0.4, -0.2) is 28.0 Å². The zero-order chi connectivity index (χ0) is 14.4. The highest BCUT2D eigenvalue weighted by Crippen LogP contribution is 2.48. The number of nitrogens with two attached hydrogens (primary N) is 2. The molecule has 108 valence electrons. The molecule has 0 aromatic carbocycles. The first-order chi connectivity index (χ1) is 9.47. The molecule has 1 aromatic rings. The molecule has 8 heteroatoms. The van der Waals surface area contributed by atoms with Crippen LogP contribution in [0.1, 0.15) is 12.8 Å². The van der Waals surface area contributed by atoms with E-state index < -0.39 is 5.82 Å². The normalized spacial score (nSPS) is 35.2. The lowest BCUT2D eigenvalue weighted by Gasteiger charge is -2.33. The average Bonchev–Trinajstić information content (AvgIpc) is 2.90. The number of primary amides is 1.